The van der Waals surface area contributed by atoms with Crippen LogP contribution in [0.3, 0.4) is 0 Å². The first-order valence-corrected chi connectivity index (χ1v) is 11.5. The first kappa shape index (κ1) is 24.5. The molecule has 0 bridgehead atoms. The molecular weight excluding hydrogens is 434 g/mol. The van der Waals surface area contributed by atoms with Gasteiger partial charge in [-0.1, -0.05) is 84.4 Å². The summed E-state index contributed by atoms with van der Waals surface area (Å²) >= 11 is 6.17. The van der Waals surface area contributed by atoms with Crippen LogP contribution in [0.2, 0.25) is 5.02 Å². The Labute approximate surface area is 200 Å². The van der Waals surface area contributed by atoms with Crippen LogP contribution in [0.5, 0.6) is 0 Å². The number of carbonyl (C=O) groups is 2. The summed E-state index contributed by atoms with van der Waals surface area (Å²) in [6, 6.07) is 26.3. The third kappa shape index (κ3) is 8.04. The second-order valence-corrected chi connectivity index (χ2v) is 8.45. The van der Waals surface area contributed by atoms with Gasteiger partial charge < -0.3 is 15.5 Å². The lowest BCUT2D eigenvalue weighted by Crippen LogP contribution is -2.34. The summed E-state index contributed by atoms with van der Waals surface area (Å²) in [4.78, 5) is 27.7. The largest absolute Gasteiger partial charge is 0.356 e. The Morgan fingerprint density at radius 2 is 1.55 bits per heavy atom. The zero-order valence-corrected chi connectivity index (χ0v) is 19.6. The van der Waals surface area contributed by atoms with Gasteiger partial charge in [-0.3, -0.25) is 9.59 Å². The molecule has 0 spiro atoms. The van der Waals surface area contributed by atoms with Gasteiger partial charge in [-0.2, -0.15) is 0 Å². The average Bonchev–Trinajstić information content (AvgIpc) is 2.83. The molecule has 0 aromatic heterocycles. The zero-order valence-electron chi connectivity index (χ0n) is 18.8. The van der Waals surface area contributed by atoms with Crippen molar-refractivity contribution in [2.75, 3.05) is 20.1 Å². The number of hydrogen-bond acceptors (Lipinski definition) is 3. The van der Waals surface area contributed by atoms with E-state index in [1.165, 1.54) is 5.56 Å². The van der Waals surface area contributed by atoms with E-state index in [4.69, 9.17) is 11.6 Å². The van der Waals surface area contributed by atoms with Crippen LogP contribution in [0.1, 0.15) is 40.4 Å². The summed E-state index contributed by atoms with van der Waals surface area (Å²) in [7, 11) is 2.07. The molecule has 2 amide bonds. The van der Waals surface area contributed by atoms with Crippen molar-refractivity contribution in [1.29, 1.82) is 0 Å². The number of nitrogens with one attached hydrogen (secondary N) is 2. The predicted octanol–water partition coefficient (Wildman–Crippen LogP) is 4.84. The number of carbonyl (C=O) groups excluding carboxylic acids is 2. The molecule has 0 aliphatic heterocycles. The standard InChI is InChI=1S/C27H30ClN3O2/c1-31(20-21-11-4-2-5-12-21)18-10-17-29-26(32)19-25(22-13-6-3-7-14-22)30-27(33)23-15-8-9-16-24(23)28/h2-9,11-16,25H,10,17-20H2,1H3,(H,29,32)(H,30,33). The van der Waals surface area contributed by atoms with Gasteiger partial charge in [0.25, 0.3) is 5.91 Å². The van der Waals surface area contributed by atoms with E-state index >= 15 is 0 Å². The molecule has 0 radical (unpaired) electrons. The molecule has 0 fully saturated rings. The Kier molecular flexibility index (Phi) is 9.48. The predicted molar refractivity (Wildman–Crippen MR) is 133 cm³/mol. The Bertz CT molecular complexity index is 1030. The monoisotopic (exact) mass is 463 g/mol. The Hall–Kier alpha value is -3.15. The topological polar surface area (TPSA) is 61.4 Å². The molecule has 5 nitrogen and oxygen atoms in total. The molecule has 1 unspecified atom stereocenters. The molecule has 172 valence electrons. The van der Waals surface area contributed by atoms with Gasteiger partial charge in [-0.15, -0.1) is 0 Å². The van der Waals surface area contributed by atoms with Crippen molar-refractivity contribution in [2.45, 2.75) is 25.4 Å². The third-order valence-corrected chi connectivity index (χ3v) is 5.68. The molecule has 0 saturated heterocycles. The van der Waals surface area contributed by atoms with E-state index in [1.807, 2.05) is 48.5 Å². The molecule has 6 heteroatoms. The fourth-order valence-electron chi connectivity index (χ4n) is 3.63. The van der Waals surface area contributed by atoms with Crippen LogP contribution in [-0.2, 0) is 11.3 Å². The minimum absolute atomic E-state index is 0.103. The SMILES string of the molecule is CN(CCCNC(=O)CC(NC(=O)c1ccccc1Cl)c1ccccc1)Cc1ccccc1. The number of halogens is 1. The number of nitrogens with zero attached hydrogens (tertiary/aromatic N) is 1. The maximum absolute atomic E-state index is 12.8. The molecular formula is C27H30ClN3O2. The average molecular weight is 464 g/mol. The quantitative estimate of drug-likeness (QED) is 0.400. The highest BCUT2D eigenvalue weighted by molar-refractivity contribution is 6.33. The van der Waals surface area contributed by atoms with Crippen LogP contribution in [0.25, 0.3) is 0 Å². The van der Waals surface area contributed by atoms with Gasteiger partial charge in [0.1, 0.15) is 0 Å². The van der Waals surface area contributed by atoms with Crippen LogP contribution >= 0.6 is 11.6 Å². The van der Waals surface area contributed by atoms with Gasteiger partial charge in [-0.05, 0) is 43.3 Å². The molecule has 2 N–H and O–H groups in total. The van der Waals surface area contributed by atoms with Crippen molar-refractivity contribution in [1.82, 2.24) is 15.5 Å². The van der Waals surface area contributed by atoms with E-state index in [9.17, 15) is 9.59 Å². The van der Waals surface area contributed by atoms with Crippen LogP contribution in [0, 0.1) is 0 Å². The van der Waals surface area contributed by atoms with Gasteiger partial charge in [0, 0.05) is 13.1 Å². The van der Waals surface area contributed by atoms with Gasteiger partial charge in [0.05, 0.1) is 23.0 Å². The van der Waals surface area contributed by atoms with Crippen LogP contribution in [-0.4, -0.2) is 36.9 Å². The van der Waals surface area contributed by atoms with Crippen molar-refractivity contribution in [3.05, 3.63) is 107 Å². The molecule has 3 aromatic carbocycles. The number of amides is 2. The van der Waals surface area contributed by atoms with Crippen LogP contribution in [0.15, 0.2) is 84.9 Å². The van der Waals surface area contributed by atoms with Crippen LogP contribution in [0.4, 0.5) is 0 Å². The van der Waals surface area contributed by atoms with Crippen molar-refractivity contribution < 1.29 is 9.59 Å². The molecule has 33 heavy (non-hydrogen) atoms. The Balaban J connectivity index is 1.50. The molecule has 3 aromatic rings. The fourth-order valence-corrected chi connectivity index (χ4v) is 3.85. The maximum Gasteiger partial charge on any atom is 0.253 e. The summed E-state index contributed by atoms with van der Waals surface area (Å²) in [6.07, 6.45) is 0.997. The third-order valence-electron chi connectivity index (χ3n) is 5.35. The van der Waals surface area contributed by atoms with E-state index < -0.39 is 6.04 Å². The zero-order chi connectivity index (χ0) is 23.5. The van der Waals surface area contributed by atoms with E-state index in [0.29, 0.717) is 17.1 Å². The van der Waals surface area contributed by atoms with E-state index in [1.54, 1.807) is 24.3 Å². The maximum atomic E-state index is 12.8. The number of hydrogen-bond donors (Lipinski definition) is 2. The Morgan fingerprint density at radius 1 is 0.909 bits per heavy atom. The lowest BCUT2D eigenvalue weighted by atomic mass is 10.0. The molecule has 0 aliphatic carbocycles. The van der Waals surface area contributed by atoms with Gasteiger partial charge in [0.2, 0.25) is 5.91 Å². The molecule has 1 atom stereocenters. The normalized spacial score (nSPS) is 11.7. The number of benzene rings is 3. The molecule has 3 rings (SSSR count). The summed E-state index contributed by atoms with van der Waals surface area (Å²) in [6.45, 7) is 2.33. The highest BCUT2D eigenvalue weighted by Crippen LogP contribution is 2.20. The highest BCUT2D eigenvalue weighted by atomic mass is 35.5. The van der Waals surface area contributed by atoms with Gasteiger partial charge in [-0.25, -0.2) is 0 Å². The first-order valence-electron chi connectivity index (χ1n) is 11.1. The van der Waals surface area contributed by atoms with Crippen LogP contribution < -0.4 is 10.6 Å². The van der Waals surface area contributed by atoms with E-state index in [2.05, 4.69) is 34.7 Å². The highest BCUT2D eigenvalue weighted by Gasteiger charge is 2.20. The summed E-state index contributed by atoms with van der Waals surface area (Å²) in [5, 5.41) is 6.33. The first-order chi connectivity index (χ1) is 16.0. The van der Waals surface area contributed by atoms with Crippen molar-refractivity contribution in [2.24, 2.45) is 0 Å². The molecule has 0 aliphatic rings. The van der Waals surface area contributed by atoms with Gasteiger partial charge in [0.15, 0.2) is 0 Å². The second-order valence-electron chi connectivity index (χ2n) is 8.05. The van der Waals surface area contributed by atoms with Gasteiger partial charge >= 0.3 is 0 Å². The van der Waals surface area contributed by atoms with E-state index in [-0.39, 0.29) is 18.2 Å². The van der Waals surface area contributed by atoms with Crippen molar-refractivity contribution in [3.63, 3.8) is 0 Å². The summed E-state index contributed by atoms with van der Waals surface area (Å²) in [5.41, 5.74) is 2.53. The lowest BCUT2D eigenvalue weighted by molar-refractivity contribution is -0.121. The van der Waals surface area contributed by atoms with E-state index in [0.717, 1.165) is 25.1 Å². The minimum atomic E-state index is -0.448. The van der Waals surface area contributed by atoms with Crippen molar-refractivity contribution in [3.8, 4) is 0 Å². The molecule has 0 heterocycles. The summed E-state index contributed by atoms with van der Waals surface area (Å²) < 4.78 is 0. The van der Waals surface area contributed by atoms with Crippen molar-refractivity contribution >= 4 is 23.4 Å². The minimum Gasteiger partial charge on any atom is -0.356 e. The smallest absolute Gasteiger partial charge is 0.253 e. The fraction of sp³-hybridized carbons (Fsp3) is 0.259. The summed E-state index contributed by atoms with van der Waals surface area (Å²) in [5.74, 6) is -0.404. The molecule has 0 saturated carbocycles. The second kappa shape index (κ2) is 12.8. The lowest BCUT2D eigenvalue weighted by Gasteiger charge is -2.20. The number of rotatable bonds is 11. The Morgan fingerprint density at radius 3 is 2.24 bits per heavy atom.